The van der Waals surface area contributed by atoms with Crippen LogP contribution in [0.1, 0.15) is 5.56 Å². The number of hydrogen-bond acceptors (Lipinski definition) is 3. The van der Waals surface area contributed by atoms with Crippen molar-refractivity contribution in [3.63, 3.8) is 0 Å². The second-order valence-electron chi connectivity index (χ2n) is 2.47. The smallest absolute Gasteiger partial charge is 0.158 e. The summed E-state index contributed by atoms with van der Waals surface area (Å²) in [6, 6.07) is 3.07. The van der Waals surface area contributed by atoms with E-state index in [-0.39, 0.29) is 11.5 Å². The highest BCUT2D eigenvalue weighted by atomic mass is 123. The number of rotatable bonds is 2. The zero-order chi connectivity index (χ0) is 9.14. The fourth-order valence-electron chi connectivity index (χ4n) is 0.942. The summed E-state index contributed by atoms with van der Waals surface area (Å²) >= 11 is 2.10. The lowest BCUT2D eigenvalue weighted by Crippen LogP contribution is -2.03. The van der Waals surface area contributed by atoms with Gasteiger partial charge in [0, 0.05) is 3.57 Å². The van der Waals surface area contributed by atoms with Crippen molar-refractivity contribution in [3.8, 4) is 11.5 Å². The van der Waals surface area contributed by atoms with Gasteiger partial charge in [0.2, 0.25) is 0 Å². The number of aromatic hydroxyl groups is 2. The van der Waals surface area contributed by atoms with Gasteiger partial charge in [-0.05, 0) is 53.3 Å². The standard InChI is InChI=1S/C8H10INO2/c9-6-4-8(12)7(11)3-5(6)1-2-10/h3-4,11-12H,1-2,10H2/i9-4. The summed E-state index contributed by atoms with van der Waals surface area (Å²) in [4.78, 5) is 0. The molecule has 0 fully saturated rings. The van der Waals surface area contributed by atoms with Gasteiger partial charge in [0.1, 0.15) is 0 Å². The van der Waals surface area contributed by atoms with Crippen LogP contribution in [0.2, 0.25) is 0 Å². The molecule has 3 nitrogen and oxygen atoms in total. The second-order valence-corrected chi connectivity index (χ2v) is 3.63. The molecule has 0 spiro atoms. The van der Waals surface area contributed by atoms with Gasteiger partial charge in [0.05, 0.1) is 0 Å². The van der Waals surface area contributed by atoms with E-state index in [2.05, 4.69) is 22.6 Å². The Kier molecular flexibility index (Phi) is 3.16. The van der Waals surface area contributed by atoms with Gasteiger partial charge in [-0.2, -0.15) is 0 Å². The molecule has 4 heteroatoms. The molecule has 1 aromatic rings. The number of phenols is 2. The van der Waals surface area contributed by atoms with E-state index < -0.39 is 0 Å². The maximum absolute atomic E-state index is 9.16. The summed E-state index contributed by atoms with van der Waals surface area (Å²) in [7, 11) is 0. The lowest BCUT2D eigenvalue weighted by Gasteiger charge is -2.04. The summed E-state index contributed by atoms with van der Waals surface area (Å²) in [5, 5.41) is 18.3. The van der Waals surface area contributed by atoms with Gasteiger partial charge >= 0.3 is 0 Å². The Morgan fingerprint density at radius 1 is 1.25 bits per heavy atom. The minimum atomic E-state index is -0.0844. The normalized spacial score (nSPS) is 10.2. The fraction of sp³-hybridized carbons (Fsp3) is 0.250. The maximum atomic E-state index is 9.16. The molecule has 1 rings (SSSR count). The average molecular weight is 275 g/mol. The van der Waals surface area contributed by atoms with Crippen LogP contribution in [0.5, 0.6) is 11.5 Å². The number of benzene rings is 1. The van der Waals surface area contributed by atoms with Crippen molar-refractivity contribution in [1.82, 2.24) is 0 Å². The molecular formula is C8H10INO2. The summed E-state index contributed by atoms with van der Waals surface area (Å²) in [6.07, 6.45) is 0.714. The van der Waals surface area contributed by atoms with Gasteiger partial charge in [-0.25, -0.2) is 0 Å². The first-order valence-corrected chi connectivity index (χ1v) is 4.63. The predicted octanol–water partition coefficient (Wildman–Crippen LogP) is 1.20. The minimum Gasteiger partial charge on any atom is -0.504 e. The first kappa shape index (κ1) is 9.60. The van der Waals surface area contributed by atoms with E-state index in [0.717, 1.165) is 9.13 Å². The molecule has 0 aliphatic rings. The first-order chi connectivity index (χ1) is 5.65. The molecule has 0 bridgehead atoms. The van der Waals surface area contributed by atoms with Crippen LogP contribution >= 0.6 is 22.6 Å². The number of hydrogen-bond donors (Lipinski definition) is 3. The van der Waals surface area contributed by atoms with Gasteiger partial charge in [0.25, 0.3) is 0 Å². The SMILES string of the molecule is NCCc1cc(O)c(O)cc1[123I]. The van der Waals surface area contributed by atoms with Crippen molar-refractivity contribution in [2.75, 3.05) is 6.54 Å². The third-order valence-corrected chi connectivity index (χ3v) is 2.56. The van der Waals surface area contributed by atoms with Crippen molar-refractivity contribution in [2.24, 2.45) is 5.73 Å². The monoisotopic (exact) mass is 275 g/mol. The molecule has 4 N–H and O–H groups in total. The van der Waals surface area contributed by atoms with Crippen LogP contribution in [0.3, 0.4) is 0 Å². The lowest BCUT2D eigenvalue weighted by atomic mass is 10.1. The highest BCUT2D eigenvalue weighted by molar-refractivity contribution is 14.1. The molecule has 0 saturated heterocycles. The second kappa shape index (κ2) is 3.95. The fourth-order valence-corrected chi connectivity index (χ4v) is 1.66. The Hall–Kier alpha value is -0.490. The van der Waals surface area contributed by atoms with E-state index >= 15 is 0 Å². The van der Waals surface area contributed by atoms with Crippen LogP contribution in [-0.4, -0.2) is 16.8 Å². The largest absolute Gasteiger partial charge is 0.504 e. The van der Waals surface area contributed by atoms with Gasteiger partial charge in [-0.1, -0.05) is 0 Å². The Bertz CT molecular complexity index is 289. The van der Waals surface area contributed by atoms with Crippen LogP contribution in [0.4, 0.5) is 0 Å². The molecule has 0 aliphatic carbocycles. The summed E-state index contributed by atoms with van der Waals surface area (Å²) in [6.45, 7) is 0.542. The number of halogens is 1. The molecule has 66 valence electrons. The number of phenolic OH excluding ortho intramolecular Hbond substituents is 2. The Morgan fingerprint density at radius 3 is 2.42 bits per heavy atom. The zero-order valence-corrected chi connectivity index (χ0v) is 8.58. The molecule has 0 unspecified atom stereocenters. The highest BCUT2D eigenvalue weighted by Crippen LogP contribution is 2.29. The molecular weight excluding hydrogens is 265 g/mol. The van der Waals surface area contributed by atoms with Gasteiger partial charge in [-0.15, -0.1) is 0 Å². The van der Waals surface area contributed by atoms with Crippen LogP contribution in [0.25, 0.3) is 0 Å². The van der Waals surface area contributed by atoms with Crippen LogP contribution in [0, 0.1) is 3.57 Å². The third kappa shape index (κ3) is 2.01. The zero-order valence-electron chi connectivity index (χ0n) is 6.42. The summed E-state index contributed by atoms with van der Waals surface area (Å²) in [5.41, 5.74) is 6.34. The van der Waals surface area contributed by atoms with E-state index in [9.17, 15) is 0 Å². The van der Waals surface area contributed by atoms with E-state index in [0.29, 0.717) is 13.0 Å². The quantitative estimate of drug-likeness (QED) is 0.561. The molecule has 1 aromatic carbocycles. The number of nitrogens with two attached hydrogens (primary N) is 1. The topological polar surface area (TPSA) is 66.5 Å². The summed E-state index contributed by atoms with van der Waals surface area (Å²) < 4.78 is 0.924. The molecule has 0 aromatic heterocycles. The van der Waals surface area contributed by atoms with Crippen molar-refractivity contribution < 1.29 is 10.2 Å². The minimum absolute atomic E-state index is 0.0832. The Morgan fingerprint density at radius 2 is 1.83 bits per heavy atom. The molecule has 0 heterocycles. The van der Waals surface area contributed by atoms with Crippen molar-refractivity contribution in [2.45, 2.75) is 6.42 Å². The maximum Gasteiger partial charge on any atom is 0.158 e. The average Bonchev–Trinajstić information content (AvgIpc) is 2.01. The van der Waals surface area contributed by atoms with Gasteiger partial charge in [-0.3, -0.25) is 0 Å². The molecule has 0 radical (unpaired) electrons. The van der Waals surface area contributed by atoms with E-state index in [1.165, 1.54) is 6.07 Å². The molecule has 0 amide bonds. The van der Waals surface area contributed by atoms with Crippen molar-refractivity contribution in [1.29, 1.82) is 0 Å². The first-order valence-electron chi connectivity index (χ1n) is 3.55. The molecule has 0 atom stereocenters. The molecule has 12 heavy (non-hydrogen) atoms. The molecule has 0 saturated carbocycles. The lowest BCUT2D eigenvalue weighted by molar-refractivity contribution is 0.402. The van der Waals surface area contributed by atoms with E-state index in [1.54, 1.807) is 6.07 Å². The highest BCUT2D eigenvalue weighted by Gasteiger charge is 2.05. The van der Waals surface area contributed by atoms with Crippen LogP contribution in [-0.2, 0) is 6.42 Å². The van der Waals surface area contributed by atoms with Crippen molar-refractivity contribution in [3.05, 3.63) is 21.3 Å². The van der Waals surface area contributed by atoms with E-state index in [4.69, 9.17) is 15.9 Å². The Balaban J connectivity index is 3.05. The van der Waals surface area contributed by atoms with Crippen molar-refractivity contribution >= 4 is 22.6 Å². The van der Waals surface area contributed by atoms with Crippen LogP contribution in [0.15, 0.2) is 12.1 Å². The van der Waals surface area contributed by atoms with E-state index in [1.807, 2.05) is 0 Å². The Labute approximate surface area is 84.4 Å². The van der Waals surface area contributed by atoms with Gasteiger partial charge in [0.15, 0.2) is 11.5 Å². The predicted molar refractivity (Wildman–Crippen MR) is 55.2 cm³/mol. The summed E-state index contributed by atoms with van der Waals surface area (Å²) in [5.74, 6) is -0.168. The van der Waals surface area contributed by atoms with Gasteiger partial charge < -0.3 is 15.9 Å². The molecule has 0 aliphatic heterocycles. The third-order valence-electron chi connectivity index (χ3n) is 1.56. The van der Waals surface area contributed by atoms with Crippen LogP contribution < -0.4 is 5.73 Å².